The molecule has 13 nitrogen and oxygen atoms in total. The Hall–Kier alpha value is -6.21. The highest BCUT2D eigenvalue weighted by Crippen LogP contribution is 2.53. The van der Waals surface area contributed by atoms with Crippen molar-refractivity contribution in [1.29, 1.82) is 0 Å². The van der Waals surface area contributed by atoms with Gasteiger partial charge in [0.1, 0.15) is 18.0 Å². The van der Waals surface area contributed by atoms with E-state index in [1.165, 1.54) is 19.6 Å². The molecule has 0 saturated carbocycles. The number of aromatic amines is 1. The first-order valence-electron chi connectivity index (χ1n) is 23.6. The van der Waals surface area contributed by atoms with E-state index >= 15 is 0 Å². The van der Waals surface area contributed by atoms with Crippen molar-refractivity contribution in [3.8, 4) is 34.1 Å². The molecule has 1 amide bonds. The SMILES string of the molecule is COc1ccc(COc2cc(N3CCOCC3)cc(-c3cccc4c3Sc3ccc(NC(=O)OC(C)(C)C)cc3S4)n2)cc1.Nc1ccc2c(c1)Sc1cccc(-c3cc(N4CCOCC4)cc(=O)[nH]3)c1S2. The molecule has 4 N–H and O–H groups in total. The van der Waals surface area contributed by atoms with Crippen molar-refractivity contribution < 1.29 is 28.5 Å². The number of morpholine rings is 2. The van der Waals surface area contributed by atoms with Gasteiger partial charge in [-0.1, -0.05) is 83.4 Å². The molecular weight excluding hydrogens is 985 g/mol. The van der Waals surface area contributed by atoms with Crippen molar-refractivity contribution in [1.82, 2.24) is 9.97 Å². The highest BCUT2D eigenvalue weighted by molar-refractivity contribution is 8.05. The maximum atomic E-state index is 12.4. The number of aromatic nitrogens is 2. The zero-order chi connectivity index (χ0) is 49.8. The summed E-state index contributed by atoms with van der Waals surface area (Å²) in [6.07, 6.45) is -0.468. The fourth-order valence-electron chi connectivity index (χ4n) is 8.40. The quantitative estimate of drug-likeness (QED) is 0.117. The molecule has 0 spiro atoms. The lowest BCUT2D eigenvalue weighted by atomic mass is 10.1. The van der Waals surface area contributed by atoms with Gasteiger partial charge in [0, 0.05) is 111 Å². The average Bonchev–Trinajstić information content (AvgIpc) is 3.38. The van der Waals surface area contributed by atoms with E-state index in [0.29, 0.717) is 44.6 Å². The molecule has 0 bridgehead atoms. The summed E-state index contributed by atoms with van der Waals surface area (Å²) in [6, 6.07) is 40.3. The van der Waals surface area contributed by atoms with Crippen LogP contribution in [-0.2, 0) is 20.8 Å². The molecule has 2 fully saturated rings. The first-order chi connectivity index (χ1) is 34.9. The summed E-state index contributed by atoms with van der Waals surface area (Å²) >= 11 is 6.85. The number of fused-ring (bicyclic) bond motifs is 4. The van der Waals surface area contributed by atoms with Crippen LogP contribution in [0, 0.1) is 0 Å². The Morgan fingerprint density at radius 3 is 1.96 bits per heavy atom. The van der Waals surface area contributed by atoms with Gasteiger partial charge in [0.05, 0.1) is 44.9 Å². The molecule has 0 unspecified atom stereocenters. The van der Waals surface area contributed by atoms with Crippen LogP contribution in [0.4, 0.5) is 27.5 Å². The molecule has 0 radical (unpaired) electrons. The van der Waals surface area contributed by atoms with E-state index < -0.39 is 11.7 Å². The number of H-pyrrole nitrogens is 1. The number of anilines is 4. The number of carbonyl (C=O) groups is 1. The number of methoxy groups -OCH3 is 1. The van der Waals surface area contributed by atoms with E-state index in [1.807, 2.05) is 87.5 Å². The summed E-state index contributed by atoms with van der Waals surface area (Å²) in [6.45, 7) is 11.9. The summed E-state index contributed by atoms with van der Waals surface area (Å²) in [5.74, 6) is 1.38. The lowest BCUT2D eigenvalue weighted by Crippen LogP contribution is -2.36. The molecule has 6 heterocycles. The second-order valence-corrected chi connectivity index (χ2v) is 22.4. The molecule has 17 heteroatoms. The number of benzene rings is 5. The van der Waals surface area contributed by atoms with Gasteiger partial charge in [-0.2, -0.15) is 0 Å². The number of nitrogens with one attached hydrogen (secondary N) is 2. The lowest BCUT2D eigenvalue weighted by Gasteiger charge is -2.29. The summed E-state index contributed by atoms with van der Waals surface area (Å²) in [4.78, 5) is 46.5. The normalized spacial score (nSPS) is 14.9. The van der Waals surface area contributed by atoms with Crippen LogP contribution >= 0.6 is 47.0 Å². The van der Waals surface area contributed by atoms with E-state index in [4.69, 9.17) is 34.4 Å². The molecule has 11 rings (SSSR count). The minimum absolute atomic E-state index is 0.0850. The number of hydrogen-bond donors (Lipinski definition) is 3. The fourth-order valence-corrected chi connectivity index (χ4v) is 13.2. The van der Waals surface area contributed by atoms with Gasteiger partial charge in [-0.3, -0.25) is 10.1 Å². The summed E-state index contributed by atoms with van der Waals surface area (Å²) < 4.78 is 28.0. The van der Waals surface area contributed by atoms with Gasteiger partial charge in [-0.25, -0.2) is 9.78 Å². The van der Waals surface area contributed by atoms with Crippen LogP contribution in [0.2, 0.25) is 0 Å². The second kappa shape index (κ2) is 21.9. The topological polar surface area (TPSA) is 154 Å². The molecule has 2 saturated heterocycles. The third-order valence-electron chi connectivity index (χ3n) is 11.9. The monoisotopic (exact) mass is 1040 g/mol. The van der Waals surface area contributed by atoms with Gasteiger partial charge in [-0.15, -0.1) is 0 Å². The number of rotatable bonds is 9. The molecule has 0 aliphatic carbocycles. The van der Waals surface area contributed by atoms with Crippen molar-refractivity contribution in [2.45, 2.75) is 72.1 Å². The summed E-state index contributed by atoms with van der Waals surface area (Å²) in [5, 5.41) is 2.86. The Bertz CT molecular complexity index is 3170. The lowest BCUT2D eigenvalue weighted by molar-refractivity contribution is 0.0636. The minimum Gasteiger partial charge on any atom is -0.497 e. The van der Waals surface area contributed by atoms with Crippen molar-refractivity contribution in [2.75, 3.05) is 80.6 Å². The molecule has 5 aromatic carbocycles. The number of nitrogen functional groups attached to an aromatic ring is 1. The van der Waals surface area contributed by atoms with Crippen molar-refractivity contribution in [2.24, 2.45) is 0 Å². The van der Waals surface area contributed by atoms with Gasteiger partial charge in [0.2, 0.25) is 11.4 Å². The van der Waals surface area contributed by atoms with Crippen LogP contribution in [0.3, 0.4) is 0 Å². The first-order valence-corrected chi connectivity index (χ1v) is 26.9. The van der Waals surface area contributed by atoms with Crippen LogP contribution in [0.15, 0.2) is 165 Å². The number of nitrogens with zero attached hydrogens (tertiary/aromatic N) is 3. The Balaban J connectivity index is 0.000000182. The third kappa shape index (κ3) is 11.8. The Kier molecular flexibility index (Phi) is 15.0. The van der Waals surface area contributed by atoms with Crippen LogP contribution in [0.5, 0.6) is 11.6 Å². The minimum atomic E-state index is -0.564. The average molecular weight is 1040 g/mol. The molecule has 0 atom stereocenters. The Morgan fingerprint density at radius 2 is 1.31 bits per heavy atom. The Labute approximate surface area is 435 Å². The molecule has 4 aliphatic heterocycles. The molecule has 370 valence electrons. The highest BCUT2D eigenvalue weighted by Gasteiger charge is 2.26. The number of hydrogen-bond acceptors (Lipinski definition) is 15. The van der Waals surface area contributed by atoms with Gasteiger partial charge in [0.15, 0.2) is 0 Å². The zero-order valence-electron chi connectivity index (χ0n) is 40.3. The van der Waals surface area contributed by atoms with E-state index in [9.17, 15) is 9.59 Å². The van der Waals surface area contributed by atoms with Gasteiger partial charge >= 0.3 is 6.09 Å². The number of pyridine rings is 2. The standard InChI is InChI=1S/C34H35N3O5S2.C21H19N3O2S2/c1-34(2,3)42-33(38)35-23-10-13-28-30(18-23)43-29-7-5-6-26(32(29)44-28)27-19-24(37-14-16-40-17-15-37)20-31(36-27)41-21-22-8-11-25(39-4)12-9-22;22-13-4-5-17-19(10-13)27-18-3-1-2-15(21(18)28-17)16-11-14(12-20(25)23-16)24-6-8-26-9-7-24/h5-13,18-20H,14-17,21H2,1-4H3,(H,35,38);1-5,10-12H,6-9,22H2,(H,23,25). The second-order valence-electron chi connectivity index (χ2n) is 18.2. The van der Waals surface area contributed by atoms with Crippen LogP contribution in [0.1, 0.15) is 26.3 Å². The van der Waals surface area contributed by atoms with Gasteiger partial charge < -0.3 is 44.2 Å². The zero-order valence-corrected chi connectivity index (χ0v) is 43.6. The number of amides is 1. The summed E-state index contributed by atoms with van der Waals surface area (Å²) in [5.41, 5.74) is 13.6. The molecule has 2 aromatic heterocycles. The van der Waals surface area contributed by atoms with Crippen LogP contribution in [-0.4, -0.2) is 81.4 Å². The number of carbonyl (C=O) groups excluding carboxylic acids is 1. The predicted octanol–water partition coefficient (Wildman–Crippen LogP) is 12.2. The van der Waals surface area contributed by atoms with E-state index in [-0.39, 0.29) is 5.56 Å². The Morgan fingerprint density at radius 1 is 0.694 bits per heavy atom. The van der Waals surface area contributed by atoms with Crippen molar-refractivity contribution in [3.05, 3.63) is 137 Å². The van der Waals surface area contributed by atoms with Crippen molar-refractivity contribution in [3.63, 3.8) is 0 Å². The molecule has 7 aromatic rings. The predicted molar refractivity (Wildman–Crippen MR) is 289 cm³/mol. The molecule has 4 aliphatic rings. The van der Waals surface area contributed by atoms with Crippen molar-refractivity contribution >= 4 is 75.9 Å². The van der Waals surface area contributed by atoms with E-state index in [0.717, 1.165) is 96.7 Å². The number of ether oxygens (including phenoxy) is 5. The van der Waals surface area contributed by atoms with Gasteiger partial charge in [0.25, 0.3) is 0 Å². The first kappa shape index (κ1) is 49.4. The smallest absolute Gasteiger partial charge is 0.412 e. The molecular formula is C55H54N6O7S4. The fraction of sp³-hybridized carbons (Fsp3) is 0.255. The maximum absolute atomic E-state index is 12.4. The highest BCUT2D eigenvalue weighted by atomic mass is 32.2. The van der Waals surface area contributed by atoms with E-state index in [2.05, 4.69) is 68.6 Å². The third-order valence-corrected chi connectivity index (χ3v) is 17.1. The van der Waals surface area contributed by atoms with E-state index in [1.54, 1.807) is 60.2 Å². The summed E-state index contributed by atoms with van der Waals surface area (Å²) in [7, 11) is 1.66. The molecule has 72 heavy (non-hydrogen) atoms. The van der Waals surface area contributed by atoms with Gasteiger partial charge in [-0.05, 0) is 99.1 Å². The maximum Gasteiger partial charge on any atom is 0.412 e. The van der Waals surface area contributed by atoms with Crippen LogP contribution < -0.4 is 35.9 Å². The largest absolute Gasteiger partial charge is 0.497 e. The van der Waals surface area contributed by atoms with Crippen LogP contribution in [0.25, 0.3) is 22.5 Å². The number of nitrogens with two attached hydrogens (primary N) is 1.